The van der Waals surface area contributed by atoms with E-state index in [1.54, 1.807) is 20.1 Å². The number of benzene rings is 2. The molecule has 242 valence electrons. The molecule has 2 aromatic carbocycles. The molecule has 0 spiro atoms. The van der Waals surface area contributed by atoms with Crippen LogP contribution in [0.1, 0.15) is 87.0 Å². The molecule has 0 unspecified atom stereocenters. The summed E-state index contributed by atoms with van der Waals surface area (Å²) < 4.78 is 24.2. The number of rotatable bonds is 7. The fraction of sp³-hybridized carbons (Fsp3) is 0.486. The number of nitrogens with zero attached hydrogens (tertiary/aromatic N) is 1. The Balaban J connectivity index is 1.37. The van der Waals surface area contributed by atoms with Gasteiger partial charge in [0.1, 0.15) is 34.7 Å². The van der Waals surface area contributed by atoms with Crippen molar-refractivity contribution in [2.24, 2.45) is 10.9 Å². The Kier molecular flexibility index (Phi) is 8.01. The molecule has 3 atom stereocenters. The first-order valence-corrected chi connectivity index (χ1v) is 16.5. The summed E-state index contributed by atoms with van der Waals surface area (Å²) in [5.41, 5.74) is 3.34. The van der Waals surface area contributed by atoms with Crippen molar-refractivity contribution in [3.8, 4) is 17.2 Å². The highest BCUT2D eigenvalue weighted by Crippen LogP contribution is 2.55. The van der Waals surface area contributed by atoms with Crippen LogP contribution in [-0.2, 0) is 27.4 Å². The van der Waals surface area contributed by atoms with E-state index in [4.69, 9.17) is 18.9 Å². The number of ether oxygens (including phenoxy) is 4. The van der Waals surface area contributed by atoms with Crippen LogP contribution in [0.4, 0.5) is 0 Å². The Labute approximate surface area is 268 Å². The third-order valence-electron chi connectivity index (χ3n) is 10.5. The van der Waals surface area contributed by atoms with Gasteiger partial charge in [0.15, 0.2) is 0 Å². The zero-order valence-corrected chi connectivity index (χ0v) is 26.7. The third kappa shape index (κ3) is 5.04. The van der Waals surface area contributed by atoms with Crippen LogP contribution in [0.2, 0.25) is 0 Å². The van der Waals surface area contributed by atoms with Gasteiger partial charge >= 0.3 is 5.97 Å². The lowest BCUT2D eigenvalue weighted by atomic mass is 9.76. The highest BCUT2D eigenvalue weighted by atomic mass is 16.6. The van der Waals surface area contributed by atoms with E-state index in [-0.39, 0.29) is 35.7 Å². The Bertz CT molecular complexity index is 1800. The van der Waals surface area contributed by atoms with Gasteiger partial charge in [-0.2, -0.15) is 0 Å². The maximum atomic E-state index is 13.4. The number of fused-ring (bicyclic) bond motifs is 3. The number of carbonyl (C=O) groups excluding carboxylic acids is 2. The SMILES string of the molecule is CCOC(=O)C1=C/C(=C2\CCC(=O)[C@H](c3ccc4c(c3)=CCN=4)C2)c2c(OC)c3c(c(CO)c2O1)O[C@H]([C@@](C)(O)C1CCCC1)C3. The molecule has 2 fully saturated rings. The minimum atomic E-state index is -1.08. The van der Waals surface area contributed by atoms with E-state index >= 15 is 0 Å². The van der Waals surface area contributed by atoms with E-state index in [9.17, 15) is 19.8 Å². The van der Waals surface area contributed by atoms with Crippen molar-refractivity contribution < 1.29 is 38.7 Å². The van der Waals surface area contributed by atoms with Gasteiger partial charge in [-0.05, 0) is 80.0 Å². The van der Waals surface area contributed by atoms with Crippen LogP contribution in [0.25, 0.3) is 11.6 Å². The van der Waals surface area contributed by atoms with Crippen LogP contribution in [0.15, 0.2) is 40.6 Å². The highest BCUT2D eigenvalue weighted by molar-refractivity contribution is 5.98. The molecule has 0 aromatic heterocycles. The van der Waals surface area contributed by atoms with Gasteiger partial charge in [-0.25, -0.2) is 4.79 Å². The number of hydrogen-bond donors (Lipinski definition) is 2. The van der Waals surface area contributed by atoms with Gasteiger partial charge in [-0.3, -0.25) is 9.79 Å². The summed E-state index contributed by atoms with van der Waals surface area (Å²) in [6.45, 7) is 3.97. The Morgan fingerprint density at radius 3 is 2.70 bits per heavy atom. The van der Waals surface area contributed by atoms with Crippen LogP contribution >= 0.6 is 0 Å². The highest BCUT2D eigenvalue weighted by Gasteiger charge is 2.48. The molecule has 9 heteroatoms. The van der Waals surface area contributed by atoms with E-state index < -0.39 is 24.3 Å². The predicted molar refractivity (Wildman–Crippen MR) is 170 cm³/mol. The third-order valence-corrected chi connectivity index (χ3v) is 10.5. The molecule has 2 aliphatic carbocycles. The monoisotopic (exact) mass is 627 g/mol. The van der Waals surface area contributed by atoms with Crippen molar-refractivity contribution in [2.75, 3.05) is 20.3 Å². The lowest BCUT2D eigenvalue weighted by molar-refractivity contribution is -0.141. The average molecular weight is 628 g/mol. The average Bonchev–Trinajstić information content (AvgIpc) is 3.85. The molecule has 0 saturated heterocycles. The van der Waals surface area contributed by atoms with Crippen LogP contribution in [-0.4, -0.2) is 53.9 Å². The fourth-order valence-corrected chi connectivity index (χ4v) is 8.04. The first-order chi connectivity index (χ1) is 22.2. The normalized spacial score (nSPS) is 24.8. The smallest absolute Gasteiger partial charge is 0.374 e. The van der Waals surface area contributed by atoms with Gasteiger partial charge in [0, 0.05) is 24.3 Å². The fourth-order valence-electron chi connectivity index (χ4n) is 8.04. The lowest BCUT2D eigenvalue weighted by Crippen LogP contribution is -2.47. The molecule has 3 aliphatic heterocycles. The van der Waals surface area contributed by atoms with Gasteiger partial charge in [0.25, 0.3) is 0 Å². The number of hydrogen-bond acceptors (Lipinski definition) is 9. The summed E-state index contributed by atoms with van der Waals surface area (Å²) in [7, 11) is 1.59. The van der Waals surface area contributed by atoms with E-state index in [1.165, 1.54) is 0 Å². The summed E-state index contributed by atoms with van der Waals surface area (Å²) in [6.07, 6.45) is 8.96. The van der Waals surface area contributed by atoms with Crippen LogP contribution in [0.5, 0.6) is 17.2 Å². The minimum absolute atomic E-state index is 0.0109. The number of esters is 1. The largest absolute Gasteiger partial charge is 0.496 e. The summed E-state index contributed by atoms with van der Waals surface area (Å²) in [5.74, 6) is 0.509. The molecule has 7 rings (SSSR count). The van der Waals surface area contributed by atoms with E-state index in [0.717, 1.165) is 58.5 Å². The van der Waals surface area contributed by atoms with Gasteiger partial charge in [-0.15, -0.1) is 0 Å². The van der Waals surface area contributed by atoms with Crippen LogP contribution < -0.4 is 24.8 Å². The summed E-state index contributed by atoms with van der Waals surface area (Å²) in [4.78, 5) is 31.0. The molecule has 3 heterocycles. The van der Waals surface area contributed by atoms with Crippen molar-refractivity contribution in [3.63, 3.8) is 0 Å². The summed E-state index contributed by atoms with van der Waals surface area (Å²) in [5, 5.41) is 24.5. The van der Waals surface area contributed by atoms with Gasteiger partial charge < -0.3 is 29.2 Å². The second-order valence-corrected chi connectivity index (χ2v) is 13.1. The number of methoxy groups -OCH3 is 1. The molecule has 2 aromatic rings. The van der Waals surface area contributed by atoms with Crippen LogP contribution in [0, 0.1) is 5.92 Å². The van der Waals surface area contributed by atoms with Crippen LogP contribution in [0.3, 0.4) is 0 Å². The van der Waals surface area contributed by atoms with E-state index in [2.05, 4.69) is 17.1 Å². The Morgan fingerprint density at radius 1 is 1.15 bits per heavy atom. The van der Waals surface area contributed by atoms with E-state index in [1.807, 2.05) is 19.1 Å². The van der Waals surface area contributed by atoms with Crippen molar-refractivity contribution in [3.05, 3.63) is 68.4 Å². The standard InChI is InChI=1S/C37H41NO8/c1-4-44-36(41)30-17-25(21-10-12-29(40)24(16-21)20-9-11-28-22(15-20)13-14-38-28)32-34(43-3)26-18-31(37(2,42)23-7-5-6-8-23)46-33(26)27(19-39)35(32)45-30/h9,11,13,15,17,23-24,31,39,42H,4-8,10,12,14,16,18-19H2,1-3H3/b25-21-/t24-,31-,37-/m0/s1. The number of aliphatic hydroxyl groups excluding tert-OH is 1. The molecule has 46 heavy (non-hydrogen) atoms. The molecule has 0 radical (unpaired) electrons. The molecular formula is C37H41NO8. The first-order valence-electron chi connectivity index (χ1n) is 16.5. The topological polar surface area (TPSA) is 124 Å². The second-order valence-electron chi connectivity index (χ2n) is 13.1. The minimum Gasteiger partial charge on any atom is -0.496 e. The molecule has 5 aliphatic rings. The van der Waals surface area contributed by atoms with Crippen molar-refractivity contribution >= 4 is 23.4 Å². The van der Waals surface area contributed by atoms with Gasteiger partial charge in [0.05, 0.1) is 43.4 Å². The molecule has 0 amide bonds. The zero-order valence-electron chi connectivity index (χ0n) is 26.7. The quantitative estimate of drug-likeness (QED) is 0.442. The van der Waals surface area contributed by atoms with Crippen molar-refractivity contribution in [1.29, 1.82) is 0 Å². The number of allylic oxidation sites excluding steroid dienone is 3. The molecular weight excluding hydrogens is 586 g/mol. The maximum Gasteiger partial charge on any atom is 0.374 e. The lowest BCUT2D eigenvalue weighted by Gasteiger charge is -2.35. The summed E-state index contributed by atoms with van der Waals surface area (Å²) >= 11 is 0. The summed E-state index contributed by atoms with van der Waals surface area (Å²) in [6, 6.07) is 6.02. The molecule has 9 nitrogen and oxygen atoms in total. The molecule has 2 N–H and O–H groups in total. The molecule has 2 saturated carbocycles. The zero-order chi connectivity index (χ0) is 32.2. The van der Waals surface area contributed by atoms with Gasteiger partial charge in [-0.1, -0.05) is 30.6 Å². The maximum absolute atomic E-state index is 13.4. The Hall–Kier alpha value is -3.95. The second kappa shape index (κ2) is 12.0. The van der Waals surface area contributed by atoms with E-state index in [0.29, 0.717) is 54.9 Å². The number of ketones is 1. The van der Waals surface area contributed by atoms with Crippen molar-refractivity contribution in [2.45, 2.75) is 89.4 Å². The predicted octanol–water partition coefficient (Wildman–Crippen LogP) is 3.98. The number of carbonyl (C=O) groups is 2. The Morgan fingerprint density at radius 2 is 1.96 bits per heavy atom. The number of Topliss-reactive ketones (excluding diaryl/α,β-unsaturated/α-hetero) is 1. The first kappa shape index (κ1) is 30.7. The van der Waals surface area contributed by atoms with Gasteiger partial charge in [0.2, 0.25) is 5.76 Å². The van der Waals surface area contributed by atoms with Crippen molar-refractivity contribution in [1.82, 2.24) is 0 Å². The molecule has 0 bridgehead atoms. The number of aliphatic hydroxyl groups is 2.